The average molecular weight is 392 g/mol. The van der Waals surface area contributed by atoms with E-state index >= 15 is 0 Å². The van der Waals surface area contributed by atoms with Crippen LogP contribution in [0.3, 0.4) is 0 Å². The van der Waals surface area contributed by atoms with Crippen molar-refractivity contribution >= 4 is 5.83 Å². The Morgan fingerprint density at radius 2 is 1.21 bits per heavy atom. The van der Waals surface area contributed by atoms with Gasteiger partial charge in [-0.15, -0.1) is 0 Å². The molecule has 28 heavy (non-hydrogen) atoms. The first kappa shape index (κ1) is 19.7. The molecule has 0 aromatic heterocycles. The molecule has 0 atom stereocenters. The Morgan fingerprint density at radius 1 is 0.679 bits per heavy atom. The molecule has 0 aliphatic rings. The summed E-state index contributed by atoms with van der Waals surface area (Å²) in [5.41, 5.74) is 0.791. The van der Waals surface area contributed by atoms with Gasteiger partial charge in [0.2, 0.25) is 0 Å². The molecule has 0 unspecified atom stereocenters. The van der Waals surface area contributed by atoms with Crippen molar-refractivity contribution in [2.24, 2.45) is 0 Å². The average Bonchev–Trinajstić information content (AvgIpc) is 2.70. The van der Waals surface area contributed by atoms with E-state index in [2.05, 4.69) is 0 Å². The molecule has 0 aliphatic carbocycles. The fraction of sp³-hybridized carbons (Fsp3) is 0.0909. The molecule has 0 saturated heterocycles. The second-order valence-electron chi connectivity index (χ2n) is 6.10. The molecule has 6 heteroatoms. The highest BCUT2D eigenvalue weighted by molar-refractivity contribution is 5.72. The molecule has 3 aromatic rings. The predicted octanol–water partition coefficient (Wildman–Crippen LogP) is 7.59. The van der Waals surface area contributed by atoms with Gasteiger partial charge >= 0.3 is 0 Å². The van der Waals surface area contributed by atoms with E-state index in [1.54, 1.807) is 0 Å². The zero-order valence-electron chi connectivity index (χ0n) is 14.7. The predicted molar refractivity (Wildman–Crippen MR) is 96.6 cm³/mol. The number of rotatable bonds is 4. The molecule has 0 nitrogen and oxygen atoms in total. The van der Waals surface area contributed by atoms with Crippen LogP contribution in [0, 0.1) is 23.3 Å². The number of hydrogen-bond acceptors (Lipinski definition) is 0. The van der Waals surface area contributed by atoms with Crippen LogP contribution in [0.2, 0.25) is 0 Å². The first-order chi connectivity index (χ1) is 13.3. The number of halogens is 6. The van der Waals surface area contributed by atoms with E-state index in [0.717, 1.165) is 6.07 Å². The molecule has 0 aliphatic heterocycles. The summed E-state index contributed by atoms with van der Waals surface area (Å²) < 4.78 is 81.5. The Kier molecular flexibility index (Phi) is 5.58. The summed E-state index contributed by atoms with van der Waals surface area (Å²) >= 11 is 0. The van der Waals surface area contributed by atoms with Gasteiger partial charge in [0.1, 0.15) is 11.6 Å². The summed E-state index contributed by atoms with van der Waals surface area (Å²) in [6.45, 7) is 1.49. The van der Waals surface area contributed by atoms with Crippen LogP contribution >= 0.6 is 0 Å². The van der Waals surface area contributed by atoms with E-state index in [9.17, 15) is 26.3 Å². The number of allylic oxidation sites excluding steroid dienone is 1. The van der Waals surface area contributed by atoms with E-state index in [4.69, 9.17) is 0 Å². The Morgan fingerprint density at radius 3 is 1.75 bits per heavy atom. The van der Waals surface area contributed by atoms with Crippen molar-refractivity contribution in [3.63, 3.8) is 0 Å². The van der Waals surface area contributed by atoms with E-state index in [0.29, 0.717) is 23.3 Å². The van der Waals surface area contributed by atoms with E-state index in [1.807, 2.05) is 0 Å². The van der Waals surface area contributed by atoms with Gasteiger partial charge in [-0.1, -0.05) is 43.3 Å². The molecule has 144 valence electrons. The maximum atomic E-state index is 14.5. The smallest absolute Gasteiger partial charge is 0.194 e. The molecule has 0 amide bonds. The van der Waals surface area contributed by atoms with Crippen LogP contribution in [0.25, 0.3) is 28.1 Å². The van der Waals surface area contributed by atoms with Gasteiger partial charge in [-0.3, -0.25) is 0 Å². The van der Waals surface area contributed by atoms with Gasteiger partial charge < -0.3 is 0 Å². The van der Waals surface area contributed by atoms with Gasteiger partial charge in [-0.2, -0.15) is 0 Å². The third-order valence-electron chi connectivity index (χ3n) is 4.28. The Labute approximate surface area is 157 Å². The number of hydrogen-bond donors (Lipinski definition) is 0. The Bertz CT molecular complexity index is 1030. The monoisotopic (exact) mass is 392 g/mol. The lowest BCUT2D eigenvalue weighted by Crippen LogP contribution is -1.94. The van der Waals surface area contributed by atoms with Crippen molar-refractivity contribution in [3.05, 3.63) is 89.3 Å². The van der Waals surface area contributed by atoms with E-state index in [-0.39, 0.29) is 23.1 Å². The third-order valence-corrected chi connectivity index (χ3v) is 4.28. The Balaban J connectivity index is 1.95. The normalized spacial score (nSPS) is 12.1. The van der Waals surface area contributed by atoms with Crippen molar-refractivity contribution in [2.75, 3.05) is 0 Å². The van der Waals surface area contributed by atoms with Crippen LogP contribution in [0.15, 0.2) is 60.4 Å². The first-order valence-corrected chi connectivity index (χ1v) is 8.41. The van der Waals surface area contributed by atoms with E-state index in [1.165, 1.54) is 43.3 Å². The zero-order valence-corrected chi connectivity index (χ0v) is 14.7. The summed E-state index contributed by atoms with van der Waals surface area (Å²) in [4.78, 5) is 0. The zero-order chi connectivity index (χ0) is 20.4. The lowest BCUT2D eigenvalue weighted by Gasteiger charge is -2.09. The minimum atomic E-state index is -1.62. The molecule has 0 heterocycles. The standard InChI is InChI=1S/C22H14F6/c1-2-17(23)21(27)13-5-3-12(4-6-13)14-7-8-16(18(24)9-14)15-10-19(25)22(28)20(26)11-15/h3-11H,2H2,1H3. The van der Waals surface area contributed by atoms with Crippen molar-refractivity contribution < 1.29 is 26.3 Å². The summed E-state index contributed by atoms with van der Waals surface area (Å²) in [5, 5.41) is 0. The summed E-state index contributed by atoms with van der Waals surface area (Å²) in [6.07, 6.45) is -0.0647. The topological polar surface area (TPSA) is 0 Å². The second kappa shape index (κ2) is 7.92. The molecule has 3 rings (SSSR count). The van der Waals surface area contributed by atoms with Crippen LogP contribution in [0.1, 0.15) is 18.9 Å². The highest BCUT2D eigenvalue weighted by Gasteiger charge is 2.15. The van der Waals surface area contributed by atoms with Crippen LogP contribution < -0.4 is 0 Å². The van der Waals surface area contributed by atoms with Crippen LogP contribution in [-0.4, -0.2) is 0 Å². The van der Waals surface area contributed by atoms with Crippen molar-refractivity contribution in [2.45, 2.75) is 13.3 Å². The van der Waals surface area contributed by atoms with Gasteiger partial charge in [-0.05, 0) is 41.3 Å². The molecule has 0 spiro atoms. The van der Waals surface area contributed by atoms with Gasteiger partial charge in [0, 0.05) is 11.1 Å². The van der Waals surface area contributed by atoms with E-state index < -0.39 is 34.9 Å². The lowest BCUT2D eigenvalue weighted by molar-refractivity contribution is 0.447. The highest BCUT2D eigenvalue weighted by Crippen LogP contribution is 2.31. The van der Waals surface area contributed by atoms with Gasteiger partial charge in [-0.25, -0.2) is 26.3 Å². The van der Waals surface area contributed by atoms with Crippen molar-refractivity contribution in [1.82, 2.24) is 0 Å². The first-order valence-electron chi connectivity index (χ1n) is 8.41. The molecule has 0 bridgehead atoms. The molecular formula is C22H14F6. The largest absolute Gasteiger partial charge is 0.209 e. The minimum absolute atomic E-state index is 0.0647. The quantitative estimate of drug-likeness (QED) is 0.317. The highest BCUT2D eigenvalue weighted by atomic mass is 19.2. The van der Waals surface area contributed by atoms with Gasteiger partial charge in [0.25, 0.3) is 0 Å². The number of benzene rings is 3. The fourth-order valence-electron chi connectivity index (χ4n) is 2.76. The maximum Gasteiger partial charge on any atom is 0.194 e. The SMILES string of the molecule is CCC(F)=C(F)c1ccc(-c2ccc(-c3cc(F)c(F)c(F)c3)c(F)c2)cc1. The summed E-state index contributed by atoms with van der Waals surface area (Å²) in [7, 11) is 0. The van der Waals surface area contributed by atoms with Crippen LogP contribution in [-0.2, 0) is 0 Å². The summed E-state index contributed by atoms with van der Waals surface area (Å²) in [6, 6.07) is 11.1. The maximum absolute atomic E-state index is 14.5. The molecule has 0 saturated carbocycles. The molecule has 0 fully saturated rings. The van der Waals surface area contributed by atoms with Crippen LogP contribution in [0.4, 0.5) is 26.3 Å². The van der Waals surface area contributed by atoms with Gasteiger partial charge in [0.05, 0.1) is 0 Å². The van der Waals surface area contributed by atoms with Crippen molar-refractivity contribution in [1.29, 1.82) is 0 Å². The van der Waals surface area contributed by atoms with Crippen LogP contribution in [0.5, 0.6) is 0 Å². The second-order valence-corrected chi connectivity index (χ2v) is 6.10. The Hall–Kier alpha value is -3.02. The van der Waals surface area contributed by atoms with Crippen molar-refractivity contribution in [3.8, 4) is 22.3 Å². The fourth-order valence-corrected chi connectivity index (χ4v) is 2.76. The molecular weight excluding hydrogens is 378 g/mol. The van der Waals surface area contributed by atoms with Gasteiger partial charge in [0.15, 0.2) is 23.3 Å². The minimum Gasteiger partial charge on any atom is -0.209 e. The molecule has 0 N–H and O–H groups in total. The molecule has 0 radical (unpaired) electrons. The summed E-state index contributed by atoms with van der Waals surface area (Å²) in [5.74, 6) is -7.03. The third kappa shape index (κ3) is 3.81. The molecule has 3 aromatic carbocycles. The lowest BCUT2D eigenvalue weighted by atomic mass is 9.98.